The Labute approximate surface area is 335 Å². The summed E-state index contributed by atoms with van der Waals surface area (Å²) >= 11 is 0. The number of hydrogen-bond donors (Lipinski definition) is 6. The van der Waals surface area contributed by atoms with Gasteiger partial charge in [0.05, 0.1) is 18.2 Å². The summed E-state index contributed by atoms with van der Waals surface area (Å²) in [5, 5.41) is 29.9. The van der Waals surface area contributed by atoms with Crippen LogP contribution in [0, 0.1) is 11.8 Å². The number of benzene rings is 1. The minimum absolute atomic E-state index is 0.0216. The summed E-state index contributed by atoms with van der Waals surface area (Å²) in [7, 11) is 1.03. The first-order valence-electron chi connectivity index (χ1n) is 19.4. The van der Waals surface area contributed by atoms with Gasteiger partial charge in [0.15, 0.2) is 0 Å². The van der Waals surface area contributed by atoms with E-state index in [4.69, 9.17) is 4.74 Å². The highest BCUT2D eigenvalue weighted by atomic mass is 19.4. The van der Waals surface area contributed by atoms with Crippen LogP contribution in [0.25, 0.3) is 0 Å². The predicted octanol–water partition coefficient (Wildman–Crippen LogP) is 3.06. The minimum Gasteiger partial charge on any atom is -0.444 e. The number of Topliss-reactive ketones (excluding diaryl/α,β-unsaturated/α-hetero) is 1. The van der Waals surface area contributed by atoms with Crippen LogP contribution in [0.2, 0.25) is 0 Å². The lowest BCUT2D eigenvalue weighted by Gasteiger charge is -2.36. The van der Waals surface area contributed by atoms with E-state index in [0.29, 0.717) is 12.8 Å². The molecule has 1 heterocycles. The zero-order valence-electron chi connectivity index (χ0n) is 33.8. The number of ketones is 1. The van der Waals surface area contributed by atoms with Crippen molar-refractivity contribution in [3.63, 3.8) is 0 Å². The number of carbonyl (C=O) groups excluding carboxylic acids is 7. The van der Waals surface area contributed by atoms with E-state index in [-0.39, 0.29) is 35.9 Å². The van der Waals surface area contributed by atoms with Crippen molar-refractivity contribution in [1.82, 2.24) is 31.2 Å². The second-order valence-corrected chi connectivity index (χ2v) is 16.6. The number of amides is 6. The van der Waals surface area contributed by atoms with Crippen LogP contribution in [0.3, 0.4) is 0 Å². The number of hydrogen-bond acceptors (Lipinski definition) is 10. The molecule has 0 radical (unpaired) electrons. The summed E-state index contributed by atoms with van der Waals surface area (Å²) in [4.78, 5) is 94.7. The van der Waals surface area contributed by atoms with E-state index in [1.165, 1.54) is 30.9 Å². The van der Waals surface area contributed by atoms with Crippen LogP contribution in [0.1, 0.15) is 104 Å². The molecule has 0 bridgehead atoms. The van der Waals surface area contributed by atoms with Crippen LogP contribution in [0.4, 0.5) is 18.0 Å². The Kier molecular flexibility index (Phi) is 16.6. The molecule has 0 spiro atoms. The van der Waals surface area contributed by atoms with Crippen molar-refractivity contribution in [1.29, 1.82) is 0 Å². The van der Waals surface area contributed by atoms with Gasteiger partial charge in [-0.2, -0.15) is 13.2 Å². The molecule has 2 aliphatic rings. The molecule has 4 unspecified atom stereocenters. The lowest BCUT2D eigenvalue weighted by Crippen LogP contribution is -2.59. The lowest BCUT2D eigenvalue weighted by atomic mass is 9.83. The molecule has 1 saturated heterocycles. The van der Waals surface area contributed by atoms with Crippen LogP contribution < -0.4 is 21.3 Å². The molecule has 1 aliphatic carbocycles. The maximum absolute atomic E-state index is 14.4. The van der Waals surface area contributed by atoms with E-state index in [1.54, 1.807) is 39.0 Å². The summed E-state index contributed by atoms with van der Waals surface area (Å²) in [5.41, 5.74) is -1.98. The molecule has 2 fully saturated rings. The maximum Gasteiger partial charge on any atom is 0.408 e. The van der Waals surface area contributed by atoms with Crippen molar-refractivity contribution in [3.8, 4) is 0 Å². The Bertz CT molecular complexity index is 1620. The quantitative estimate of drug-likeness (QED) is 0.0812. The molecule has 1 aromatic carbocycles. The predicted molar refractivity (Wildman–Crippen MR) is 201 cm³/mol. The molecule has 5 atom stereocenters. The van der Waals surface area contributed by atoms with Crippen molar-refractivity contribution >= 4 is 41.4 Å². The fourth-order valence-electron chi connectivity index (χ4n) is 7.35. The number of aliphatic hydroxyl groups is 1. The minimum atomic E-state index is -4.81. The van der Waals surface area contributed by atoms with Gasteiger partial charge in [-0.1, -0.05) is 49.6 Å². The van der Waals surface area contributed by atoms with E-state index in [1.807, 2.05) is 5.32 Å². The molecule has 1 aliphatic heterocycles. The second kappa shape index (κ2) is 20.3. The molecule has 58 heavy (non-hydrogen) atoms. The van der Waals surface area contributed by atoms with Gasteiger partial charge in [0.2, 0.25) is 23.5 Å². The molecule has 19 heteroatoms. The van der Waals surface area contributed by atoms with Gasteiger partial charge in [-0.25, -0.2) is 9.86 Å². The molecule has 324 valence electrons. The van der Waals surface area contributed by atoms with Gasteiger partial charge in [0.1, 0.15) is 23.7 Å². The maximum atomic E-state index is 14.4. The van der Waals surface area contributed by atoms with Crippen molar-refractivity contribution in [3.05, 3.63) is 35.9 Å². The van der Waals surface area contributed by atoms with E-state index < -0.39 is 108 Å². The van der Waals surface area contributed by atoms with Crippen LogP contribution in [-0.2, 0) is 33.5 Å². The van der Waals surface area contributed by atoms with Crippen LogP contribution in [0.5, 0.6) is 0 Å². The average Bonchev–Trinajstić information content (AvgIpc) is 3.54. The van der Waals surface area contributed by atoms with Gasteiger partial charge in [0.25, 0.3) is 11.8 Å². The van der Waals surface area contributed by atoms with Gasteiger partial charge in [0, 0.05) is 20.0 Å². The Hall–Kier alpha value is -4.78. The first kappa shape index (κ1) is 47.6. The lowest BCUT2D eigenvalue weighted by molar-refractivity contribution is -0.162. The van der Waals surface area contributed by atoms with Crippen molar-refractivity contribution in [2.45, 2.75) is 134 Å². The SMILES string of the molecule is CN(O)C(=O)C(NC(=O)CNC(=O)C(=O)C(CCC(F)(F)F)NC(=O)C1[C@@H](CC(C)(C)O)CCN1C(=O)C(NC(=O)OC(C)(C)C)C1CCCCC1)c1ccccc1. The molecular weight excluding hydrogens is 769 g/mol. The van der Waals surface area contributed by atoms with Gasteiger partial charge in [-0.15, -0.1) is 0 Å². The molecule has 3 rings (SSSR count). The number of ether oxygens (including phenoxy) is 1. The second-order valence-electron chi connectivity index (χ2n) is 16.6. The largest absolute Gasteiger partial charge is 0.444 e. The Morgan fingerprint density at radius 3 is 2.09 bits per heavy atom. The zero-order chi connectivity index (χ0) is 43.6. The van der Waals surface area contributed by atoms with Crippen molar-refractivity contribution in [2.75, 3.05) is 20.1 Å². The van der Waals surface area contributed by atoms with Crippen molar-refractivity contribution < 1.29 is 61.8 Å². The molecule has 6 N–H and O–H groups in total. The Morgan fingerprint density at radius 1 is 0.914 bits per heavy atom. The summed E-state index contributed by atoms with van der Waals surface area (Å²) < 4.78 is 45.9. The Morgan fingerprint density at radius 2 is 1.53 bits per heavy atom. The summed E-state index contributed by atoms with van der Waals surface area (Å²) in [6, 6.07) is 1.75. The summed E-state index contributed by atoms with van der Waals surface area (Å²) in [6.07, 6.45) is -4.48. The number of alkyl carbamates (subject to hydrolysis) is 1. The fourth-order valence-corrected chi connectivity index (χ4v) is 7.35. The van der Waals surface area contributed by atoms with Gasteiger partial charge < -0.3 is 36.0 Å². The van der Waals surface area contributed by atoms with Crippen LogP contribution in [-0.4, -0.2) is 117 Å². The van der Waals surface area contributed by atoms with E-state index in [2.05, 4.69) is 16.0 Å². The van der Waals surface area contributed by atoms with E-state index in [9.17, 15) is 57.0 Å². The van der Waals surface area contributed by atoms with E-state index in [0.717, 1.165) is 26.3 Å². The highest BCUT2D eigenvalue weighted by Gasteiger charge is 2.48. The molecular formula is C39H57F3N6O10. The van der Waals surface area contributed by atoms with Crippen LogP contribution in [0.15, 0.2) is 30.3 Å². The molecule has 6 amide bonds. The Balaban J connectivity index is 1.87. The van der Waals surface area contributed by atoms with E-state index >= 15 is 0 Å². The molecule has 0 aromatic heterocycles. The van der Waals surface area contributed by atoms with Gasteiger partial charge in [-0.3, -0.25) is 34.0 Å². The van der Waals surface area contributed by atoms with Gasteiger partial charge in [-0.05, 0) is 84.1 Å². The number of likely N-dealkylation sites (N-methyl/N-ethyl adjacent to an activating group) is 1. The summed E-state index contributed by atoms with van der Waals surface area (Å²) in [5.74, 6) is -7.73. The number of alkyl halides is 3. The number of hydroxylamine groups is 2. The highest BCUT2D eigenvalue weighted by molar-refractivity contribution is 6.38. The molecule has 16 nitrogen and oxygen atoms in total. The molecule has 1 aromatic rings. The number of likely N-dealkylation sites (tertiary alicyclic amines) is 1. The molecule has 1 saturated carbocycles. The third-order valence-corrected chi connectivity index (χ3v) is 9.88. The standard InChI is InChI=1S/C39H57F3N6O10/c1-37(2,3)58-36(55)46-29(24-15-11-8-12-16-24)35(54)48-20-18-25(21-38(4,5)56)30(48)32(51)44-26(17-19-39(40,41)42)31(50)33(52)43-22-27(49)45-28(34(53)47(6)57)23-13-9-7-10-14-23/h7,9-10,13-14,24-26,28-30,56-57H,8,11-12,15-22H2,1-6H3,(H,43,52)(H,44,51)(H,45,49)(H,46,55)/t25-,26?,28?,29?,30?/m1/s1. The first-order chi connectivity index (χ1) is 26.9. The number of nitrogens with one attached hydrogen (secondary N) is 4. The number of halogens is 3. The normalized spacial score (nSPS) is 19.3. The zero-order valence-corrected chi connectivity index (χ0v) is 33.8. The van der Waals surface area contributed by atoms with Crippen LogP contribution >= 0.6 is 0 Å². The van der Waals surface area contributed by atoms with Crippen molar-refractivity contribution in [2.24, 2.45) is 11.8 Å². The monoisotopic (exact) mass is 826 g/mol. The third kappa shape index (κ3) is 14.9. The first-order valence-corrected chi connectivity index (χ1v) is 19.4. The number of rotatable bonds is 16. The fraction of sp³-hybridized carbons (Fsp3) is 0.667. The number of carbonyl (C=O) groups is 7. The average molecular weight is 827 g/mol. The van der Waals surface area contributed by atoms with Gasteiger partial charge >= 0.3 is 12.3 Å². The topological polar surface area (TPSA) is 224 Å². The number of nitrogens with zero attached hydrogens (tertiary/aromatic N) is 2. The third-order valence-electron chi connectivity index (χ3n) is 9.88. The smallest absolute Gasteiger partial charge is 0.408 e. The highest BCUT2D eigenvalue weighted by Crippen LogP contribution is 2.35. The summed E-state index contributed by atoms with van der Waals surface area (Å²) in [6.45, 7) is 6.99.